The molecule has 0 bridgehead atoms. The smallest absolute Gasteiger partial charge is 0.304 e. The normalized spacial score (nSPS) is 40.2. The van der Waals surface area contributed by atoms with Crippen molar-refractivity contribution in [2.75, 3.05) is 26.2 Å². The van der Waals surface area contributed by atoms with Gasteiger partial charge in [0.2, 0.25) is 5.91 Å². The number of aliphatic hydroxyl groups excluding tert-OH is 1. The first-order valence-corrected chi connectivity index (χ1v) is 10.7. The maximum atomic E-state index is 15.3. The highest BCUT2D eigenvalue weighted by Crippen LogP contribution is 2.45. The first-order chi connectivity index (χ1) is 12.3. The highest BCUT2D eigenvalue weighted by Gasteiger charge is 2.53. The second kappa shape index (κ2) is 8.05. The van der Waals surface area contributed by atoms with E-state index in [0.717, 1.165) is 30.2 Å². The number of carbonyl (C=O) groups is 1. The minimum absolute atomic E-state index is 0.0128. The summed E-state index contributed by atoms with van der Waals surface area (Å²) < 4.78 is 47.9. The summed E-state index contributed by atoms with van der Waals surface area (Å²) in [5, 5.41) is 13.6. The fourth-order valence-electron chi connectivity index (χ4n) is 4.53. The molecule has 10 heteroatoms. The van der Waals surface area contributed by atoms with E-state index in [-0.39, 0.29) is 17.9 Å². The van der Waals surface area contributed by atoms with Gasteiger partial charge >= 0.3 is 10.2 Å². The van der Waals surface area contributed by atoms with Gasteiger partial charge in [-0.3, -0.25) is 4.79 Å². The Morgan fingerprint density at radius 1 is 1.38 bits per heavy atom. The minimum Gasteiger partial charge on any atom is -0.391 e. The van der Waals surface area contributed by atoms with Crippen molar-refractivity contribution in [1.29, 1.82) is 0 Å². The fraction of sp³-hybridized carbons (Fsp3) is 0.938. The Morgan fingerprint density at radius 2 is 2.15 bits per heavy atom. The summed E-state index contributed by atoms with van der Waals surface area (Å²) in [4.78, 5) is 11.5. The number of carbonyl (C=O) groups excluding carboxylic acids is 1. The molecule has 0 aromatic carbocycles. The number of amides is 1. The molecule has 1 amide bonds. The van der Waals surface area contributed by atoms with Crippen LogP contribution in [0.3, 0.4) is 0 Å². The molecule has 1 heterocycles. The lowest BCUT2D eigenvalue weighted by atomic mass is 9.66. The molecule has 3 aliphatic rings. The van der Waals surface area contributed by atoms with Crippen molar-refractivity contribution in [3.63, 3.8) is 0 Å². The third-order valence-corrected chi connectivity index (χ3v) is 7.22. The molecule has 8 nitrogen and oxygen atoms in total. The summed E-state index contributed by atoms with van der Waals surface area (Å²) in [6, 6.07) is -1.22. The van der Waals surface area contributed by atoms with Gasteiger partial charge in [0.25, 0.3) is 0 Å². The topological polar surface area (TPSA) is 108 Å². The third kappa shape index (κ3) is 4.04. The zero-order valence-electron chi connectivity index (χ0n) is 14.9. The van der Waals surface area contributed by atoms with Crippen LogP contribution in [0, 0.1) is 11.8 Å². The monoisotopic (exact) mass is 393 g/mol. The van der Waals surface area contributed by atoms with Crippen LogP contribution in [0.1, 0.15) is 32.6 Å². The van der Waals surface area contributed by atoms with E-state index in [1.54, 1.807) is 0 Å². The molecule has 26 heavy (non-hydrogen) atoms. The number of alkyl halides is 1. The number of nitrogens with one attached hydrogen (secondary N) is 2. The second-order valence-corrected chi connectivity index (χ2v) is 9.02. The summed E-state index contributed by atoms with van der Waals surface area (Å²) in [5.74, 6) is -1.05. The second-order valence-electron chi connectivity index (χ2n) is 7.40. The average molecular weight is 393 g/mol. The number of nitrogens with zero attached hydrogens (tertiary/aromatic N) is 1. The Bertz CT molecular complexity index is 617. The van der Waals surface area contributed by atoms with Gasteiger partial charge in [0, 0.05) is 6.54 Å². The summed E-state index contributed by atoms with van der Waals surface area (Å²) in [7, 11) is -4.08. The SMILES string of the molecule is CCNCCOC1CCC2CC(O)C(N3CC(=O)NS3(=O)=O)C(F)C2C1. The van der Waals surface area contributed by atoms with Crippen LogP contribution in [0.15, 0.2) is 0 Å². The van der Waals surface area contributed by atoms with Crippen molar-refractivity contribution in [1.82, 2.24) is 14.3 Å². The van der Waals surface area contributed by atoms with Gasteiger partial charge in [-0.25, -0.2) is 9.11 Å². The Balaban J connectivity index is 1.67. The van der Waals surface area contributed by atoms with Gasteiger partial charge in [-0.15, -0.1) is 0 Å². The molecule has 1 saturated heterocycles. The molecular formula is C16H28FN3O5S. The molecule has 6 atom stereocenters. The van der Waals surface area contributed by atoms with E-state index >= 15 is 4.39 Å². The Hall–Kier alpha value is -0.810. The molecule has 6 unspecified atom stereocenters. The zero-order chi connectivity index (χ0) is 18.9. The highest BCUT2D eigenvalue weighted by molar-refractivity contribution is 7.88. The maximum Gasteiger partial charge on any atom is 0.304 e. The Morgan fingerprint density at radius 3 is 2.81 bits per heavy atom. The minimum atomic E-state index is -4.08. The molecule has 0 spiro atoms. The molecule has 0 radical (unpaired) electrons. The molecule has 2 aliphatic carbocycles. The van der Waals surface area contributed by atoms with E-state index in [2.05, 4.69) is 5.32 Å². The summed E-state index contributed by atoms with van der Waals surface area (Å²) in [5.41, 5.74) is 0. The lowest BCUT2D eigenvalue weighted by Crippen LogP contribution is -2.59. The van der Waals surface area contributed by atoms with Crippen LogP contribution < -0.4 is 10.0 Å². The van der Waals surface area contributed by atoms with E-state index in [0.29, 0.717) is 19.4 Å². The summed E-state index contributed by atoms with van der Waals surface area (Å²) in [6.45, 7) is 3.73. The summed E-state index contributed by atoms with van der Waals surface area (Å²) >= 11 is 0. The van der Waals surface area contributed by atoms with Gasteiger partial charge in [0.1, 0.15) is 6.17 Å². The predicted molar refractivity (Wildman–Crippen MR) is 92.2 cm³/mol. The van der Waals surface area contributed by atoms with Crippen LogP contribution in [0.4, 0.5) is 4.39 Å². The van der Waals surface area contributed by atoms with Crippen molar-refractivity contribution in [2.24, 2.45) is 11.8 Å². The average Bonchev–Trinajstić information content (AvgIpc) is 2.84. The Labute approximate surface area is 153 Å². The standard InChI is InChI=1S/C16H28FN3O5S/c1-2-18-5-6-25-11-4-3-10-7-13(21)16(15(17)12(10)8-11)20-9-14(22)19-26(20,23)24/h10-13,15-16,18,21H,2-9H2,1H3,(H,19,22). The van der Waals surface area contributed by atoms with E-state index < -0.39 is 41.0 Å². The van der Waals surface area contributed by atoms with E-state index in [9.17, 15) is 18.3 Å². The molecule has 3 rings (SSSR count). The molecule has 3 fully saturated rings. The van der Waals surface area contributed by atoms with Gasteiger partial charge in [-0.2, -0.15) is 12.7 Å². The number of rotatable bonds is 6. The Kier molecular flexibility index (Phi) is 6.18. The van der Waals surface area contributed by atoms with Crippen molar-refractivity contribution < 1.29 is 27.4 Å². The van der Waals surface area contributed by atoms with Crippen molar-refractivity contribution in [3.05, 3.63) is 0 Å². The number of fused-ring (bicyclic) bond motifs is 1. The van der Waals surface area contributed by atoms with Crippen LogP contribution in [-0.2, 0) is 19.7 Å². The van der Waals surface area contributed by atoms with Crippen LogP contribution in [0.2, 0.25) is 0 Å². The number of hydrogen-bond donors (Lipinski definition) is 3. The van der Waals surface area contributed by atoms with Gasteiger partial charge in [0.05, 0.1) is 31.4 Å². The van der Waals surface area contributed by atoms with Gasteiger partial charge in [-0.05, 0) is 44.1 Å². The quantitative estimate of drug-likeness (QED) is 0.528. The maximum absolute atomic E-state index is 15.3. The van der Waals surface area contributed by atoms with Gasteiger partial charge < -0.3 is 15.2 Å². The first kappa shape index (κ1) is 19.9. The molecule has 2 saturated carbocycles. The third-order valence-electron chi connectivity index (χ3n) is 5.74. The molecular weight excluding hydrogens is 365 g/mol. The fourth-order valence-corrected chi connectivity index (χ4v) is 5.86. The van der Waals surface area contributed by atoms with Crippen molar-refractivity contribution in [3.8, 4) is 0 Å². The van der Waals surface area contributed by atoms with Crippen molar-refractivity contribution >= 4 is 16.1 Å². The first-order valence-electron chi connectivity index (χ1n) is 9.30. The zero-order valence-corrected chi connectivity index (χ0v) is 15.8. The van der Waals surface area contributed by atoms with Crippen LogP contribution >= 0.6 is 0 Å². The van der Waals surface area contributed by atoms with Crippen LogP contribution in [0.25, 0.3) is 0 Å². The van der Waals surface area contributed by atoms with Gasteiger partial charge in [0.15, 0.2) is 0 Å². The molecule has 0 aromatic rings. The van der Waals surface area contributed by atoms with Gasteiger partial charge in [-0.1, -0.05) is 6.92 Å². The number of ether oxygens (including phenoxy) is 1. The van der Waals surface area contributed by atoms with Crippen molar-refractivity contribution in [2.45, 2.75) is 57.0 Å². The highest BCUT2D eigenvalue weighted by atomic mass is 32.2. The van der Waals surface area contributed by atoms with E-state index in [1.165, 1.54) is 0 Å². The lowest BCUT2D eigenvalue weighted by molar-refractivity contribution is -0.120. The van der Waals surface area contributed by atoms with E-state index in [1.807, 2.05) is 11.6 Å². The number of likely N-dealkylation sites (N-methyl/N-ethyl adjacent to an activating group) is 1. The summed E-state index contributed by atoms with van der Waals surface area (Å²) in [6.07, 6.45) is -0.258. The van der Waals surface area contributed by atoms with Crippen LogP contribution in [-0.4, -0.2) is 74.4 Å². The van der Waals surface area contributed by atoms with Crippen LogP contribution in [0.5, 0.6) is 0 Å². The molecule has 0 aromatic heterocycles. The van der Waals surface area contributed by atoms with E-state index in [4.69, 9.17) is 4.74 Å². The molecule has 1 aliphatic heterocycles. The molecule has 150 valence electrons. The number of hydrogen-bond acceptors (Lipinski definition) is 6. The number of halogens is 1. The largest absolute Gasteiger partial charge is 0.391 e. The lowest BCUT2D eigenvalue weighted by Gasteiger charge is -2.47. The predicted octanol–water partition coefficient (Wildman–Crippen LogP) is -0.455. The molecule has 3 N–H and O–H groups in total. The number of aliphatic hydroxyl groups is 1.